The molecule has 4 aromatic rings. The topological polar surface area (TPSA) is 66.3 Å². The van der Waals surface area contributed by atoms with Gasteiger partial charge in [-0.2, -0.15) is 10.2 Å². The molecule has 0 saturated carbocycles. The molecule has 5 rings (SSSR count). The zero-order chi connectivity index (χ0) is 17.8. The molecule has 0 saturated heterocycles. The minimum absolute atomic E-state index is 0.535. The Hall–Kier alpha value is -2.93. The minimum atomic E-state index is 0.535. The number of hydrogen-bond acceptors (Lipinski definition) is 4. The molecule has 130 valence electrons. The van der Waals surface area contributed by atoms with Gasteiger partial charge in [-0.1, -0.05) is 11.6 Å². The number of fused-ring (bicyclic) bond motifs is 5. The molecular formula is C18H16ClN7. The molecule has 0 N–H and O–H groups in total. The maximum atomic E-state index is 6.27. The Bertz CT molecular complexity index is 1130. The highest BCUT2D eigenvalue weighted by Gasteiger charge is 2.24. The lowest BCUT2D eigenvalue weighted by atomic mass is 10.1. The highest BCUT2D eigenvalue weighted by atomic mass is 35.5. The molecule has 1 aliphatic rings. The van der Waals surface area contributed by atoms with Gasteiger partial charge in [0.2, 0.25) is 0 Å². The van der Waals surface area contributed by atoms with E-state index in [0.29, 0.717) is 18.1 Å². The van der Waals surface area contributed by atoms with Crippen LogP contribution in [0.5, 0.6) is 0 Å². The first-order valence-corrected chi connectivity index (χ1v) is 8.73. The van der Waals surface area contributed by atoms with E-state index in [0.717, 1.165) is 40.0 Å². The van der Waals surface area contributed by atoms with Gasteiger partial charge in [-0.15, -0.1) is 0 Å². The van der Waals surface area contributed by atoms with Crippen molar-refractivity contribution < 1.29 is 0 Å². The largest absolute Gasteiger partial charge is 0.300 e. The lowest BCUT2D eigenvalue weighted by Gasteiger charge is -2.08. The van der Waals surface area contributed by atoms with E-state index < -0.39 is 0 Å². The summed E-state index contributed by atoms with van der Waals surface area (Å²) in [5.74, 6) is 1.54. The van der Waals surface area contributed by atoms with E-state index in [1.54, 1.807) is 6.20 Å². The van der Waals surface area contributed by atoms with Gasteiger partial charge in [0.05, 0.1) is 29.9 Å². The third-order valence-corrected chi connectivity index (χ3v) is 5.00. The van der Waals surface area contributed by atoms with E-state index in [-0.39, 0.29) is 0 Å². The summed E-state index contributed by atoms with van der Waals surface area (Å²) in [6.45, 7) is 5.17. The van der Waals surface area contributed by atoms with Gasteiger partial charge in [-0.3, -0.25) is 4.68 Å². The number of halogens is 1. The Morgan fingerprint density at radius 2 is 2.08 bits per heavy atom. The molecule has 4 heterocycles. The molecule has 3 aromatic heterocycles. The van der Waals surface area contributed by atoms with Crippen LogP contribution in [0, 0.1) is 13.8 Å². The number of nitrogens with zero attached hydrogens (tertiary/aromatic N) is 7. The summed E-state index contributed by atoms with van der Waals surface area (Å²) in [6.07, 6.45) is 3.63. The van der Waals surface area contributed by atoms with Crippen LogP contribution in [0.3, 0.4) is 0 Å². The summed E-state index contributed by atoms with van der Waals surface area (Å²) < 4.78 is 5.91. The predicted octanol–water partition coefficient (Wildman–Crippen LogP) is 3.01. The first-order valence-electron chi connectivity index (χ1n) is 8.35. The van der Waals surface area contributed by atoms with E-state index in [1.807, 2.05) is 53.8 Å². The molecule has 0 atom stereocenters. The Balaban J connectivity index is 1.69. The maximum absolute atomic E-state index is 6.27. The predicted molar refractivity (Wildman–Crippen MR) is 97.5 cm³/mol. The van der Waals surface area contributed by atoms with E-state index in [1.165, 1.54) is 0 Å². The highest BCUT2D eigenvalue weighted by Crippen LogP contribution is 2.33. The average Bonchev–Trinajstić information content (AvgIpc) is 3.28. The lowest BCUT2D eigenvalue weighted by molar-refractivity contribution is 0.611. The van der Waals surface area contributed by atoms with Crippen molar-refractivity contribution >= 4 is 11.6 Å². The zero-order valence-corrected chi connectivity index (χ0v) is 15.1. The average molecular weight is 366 g/mol. The number of aromatic nitrogens is 7. The van der Waals surface area contributed by atoms with E-state index in [9.17, 15) is 0 Å². The quantitative estimate of drug-likeness (QED) is 0.482. The van der Waals surface area contributed by atoms with Gasteiger partial charge in [0.15, 0.2) is 11.6 Å². The molecule has 0 unspecified atom stereocenters. The number of hydrogen-bond donors (Lipinski definition) is 0. The molecule has 1 aliphatic heterocycles. The van der Waals surface area contributed by atoms with Crippen molar-refractivity contribution in [2.24, 2.45) is 0 Å². The molecule has 0 aliphatic carbocycles. The Labute approximate surface area is 154 Å². The zero-order valence-electron chi connectivity index (χ0n) is 14.4. The summed E-state index contributed by atoms with van der Waals surface area (Å²) in [4.78, 5) is 9.27. The van der Waals surface area contributed by atoms with E-state index >= 15 is 0 Å². The first-order chi connectivity index (χ1) is 12.6. The monoisotopic (exact) mass is 365 g/mol. The van der Waals surface area contributed by atoms with E-state index in [2.05, 4.69) is 14.6 Å². The normalized spacial score (nSPS) is 12.4. The van der Waals surface area contributed by atoms with Crippen molar-refractivity contribution in [3.63, 3.8) is 0 Å². The summed E-state index contributed by atoms with van der Waals surface area (Å²) in [5, 5.41) is 9.73. The van der Waals surface area contributed by atoms with Gasteiger partial charge in [-0.05, 0) is 38.1 Å². The molecule has 0 radical (unpaired) electrons. The Morgan fingerprint density at radius 3 is 2.88 bits per heavy atom. The fourth-order valence-corrected chi connectivity index (χ4v) is 3.54. The SMILES string of the molecule is Cc1ncn2c1Cn1nc(Cn3nccc3C)nc1-c1cc(Cl)ccc1-2. The second kappa shape index (κ2) is 5.54. The molecule has 7 nitrogen and oxygen atoms in total. The fourth-order valence-electron chi connectivity index (χ4n) is 3.36. The maximum Gasteiger partial charge on any atom is 0.172 e. The van der Waals surface area contributed by atoms with Crippen molar-refractivity contribution in [3.05, 3.63) is 64.7 Å². The molecular weight excluding hydrogens is 350 g/mol. The van der Waals surface area contributed by atoms with Gasteiger partial charge in [0, 0.05) is 22.5 Å². The van der Waals surface area contributed by atoms with Crippen LogP contribution in [0.1, 0.15) is 22.9 Å². The lowest BCUT2D eigenvalue weighted by Crippen LogP contribution is -2.08. The van der Waals surface area contributed by atoms with Gasteiger partial charge in [0.25, 0.3) is 0 Å². The minimum Gasteiger partial charge on any atom is -0.300 e. The van der Waals surface area contributed by atoms with Crippen molar-refractivity contribution in [2.75, 3.05) is 0 Å². The van der Waals surface area contributed by atoms with Crippen molar-refractivity contribution in [2.45, 2.75) is 26.9 Å². The smallest absolute Gasteiger partial charge is 0.172 e. The van der Waals surface area contributed by atoms with Crippen LogP contribution < -0.4 is 0 Å². The van der Waals surface area contributed by atoms with Crippen LogP contribution >= 0.6 is 11.6 Å². The molecule has 1 aromatic carbocycles. The number of imidazole rings is 1. The second-order valence-corrected chi connectivity index (χ2v) is 6.88. The summed E-state index contributed by atoms with van der Waals surface area (Å²) in [7, 11) is 0. The van der Waals surface area contributed by atoms with E-state index in [4.69, 9.17) is 21.7 Å². The van der Waals surface area contributed by atoms with Gasteiger partial charge in [0.1, 0.15) is 6.54 Å². The van der Waals surface area contributed by atoms with Crippen LogP contribution in [-0.4, -0.2) is 34.1 Å². The first kappa shape index (κ1) is 15.3. The number of benzene rings is 1. The molecule has 0 fully saturated rings. The molecule has 0 amide bonds. The van der Waals surface area contributed by atoms with Crippen LogP contribution in [-0.2, 0) is 13.1 Å². The molecule has 0 spiro atoms. The fraction of sp³-hybridized carbons (Fsp3) is 0.222. The Morgan fingerprint density at radius 1 is 1.19 bits per heavy atom. The van der Waals surface area contributed by atoms with Crippen molar-refractivity contribution in [1.29, 1.82) is 0 Å². The van der Waals surface area contributed by atoms with Crippen LogP contribution in [0.4, 0.5) is 0 Å². The van der Waals surface area contributed by atoms with Gasteiger partial charge in [-0.25, -0.2) is 14.6 Å². The van der Waals surface area contributed by atoms with Gasteiger partial charge >= 0.3 is 0 Å². The number of aryl methyl sites for hydroxylation is 2. The van der Waals surface area contributed by atoms with Crippen LogP contribution in [0.25, 0.3) is 17.1 Å². The highest BCUT2D eigenvalue weighted by molar-refractivity contribution is 6.31. The van der Waals surface area contributed by atoms with Crippen molar-refractivity contribution in [1.82, 2.24) is 34.1 Å². The van der Waals surface area contributed by atoms with Crippen LogP contribution in [0.15, 0.2) is 36.8 Å². The standard InChI is InChI=1S/C18H16ClN7/c1-11-5-6-21-25(11)9-17-22-18-14-7-13(19)3-4-15(14)24-10-20-12(2)16(24)8-26(18)23-17/h3-7,10H,8-9H2,1-2H3. The second-order valence-electron chi connectivity index (χ2n) is 6.45. The van der Waals surface area contributed by atoms with Crippen molar-refractivity contribution in [3.8, 4) is 17.1 Å². The molecule has 8 heteroatoms. The molecule has 0 bridgehead atoms. The Kier molecular flexibility index (Phi) is 3.27. The summed E-state index contributed by atoms with van der Waals surface area (Å²) in [6, 6.07) is 7.80. The molecule has 26 heavy (non-hydrogen) atoms. The summed E-state index contributed by atoms with van der Waals surface area (Å²) in [5.41, 5.74) is 5.12. The van der Waals surface area contributed by atoms with Gasteiger partial charge < -0.3 is 4.57 Å². The number of rotatable bonds is 2. The van der Waals surface area contributed by atoms with Crippen LogP contribution in [0.2, 0.25) is 5.02 Å². The third-order valence-electron chi connectivity index (χ3n) is 4.77. The third kappa shape index (κ3) is 2.28. The summed E-state index contributed by atoms with van der Waals surface area (Å²) >= 11 is 6.27.